The summed E-state index contributed by atoms with van der Waals surface area (Å²) in [5.74, 6) is 0.764. The van der Waals surface area contributed by atoms with Crippen LogP contribution in [0, 0.1) is 0 Å². The lowest BCUT2D eigenvalue weighted by Gasteiger charge is -2.15. The van der Waals surface area contributed by atoms with Crippen LogP contribution in [0.3, 0.4) is 0 Å². The number of halogens is 1. The van der Waals surface area contributed by atoms with Crippen molar-refractivity contribution in [3.63, 3.8) is 0 Å². The van der Waals surface area contributed by atoms with Crippen LogP contribution < -0.4 is 4.74 Å². The summed E-state index contributed by atoms with van der Waals surface area (Å²) in [7, 11) is 0. The van der Waals surface area contributed by atoms with E-state index < -0.39 is 6.10 Å². The van der Waals surface area contributed by atoms with Crippen LogP contribution in [-0.4, -0.2) is 11.7 Å². The minimum absolute atomic E-state index is 0.539. The fourth-order valence-corrected chi connectivity index (χ4v) is 3.35. The Morgan fingerprint density at radius 3 is 2.78 bits per heavy atom. The highest BCUT2D eigenvalue weighted by Gasteiger charge is 2.15. The van der Waals surface area contributed by atoms with Crippen LogP contribution in [0.25, 0.3) is 0 Å². The van der Waals surface area contributed by atoms with Crippen LogP contribution in [0.4, 0.5) is 0 Å². The zero-order chi connectivity index (χ0) is 13.0. The highest BCUT2D eigenvalue weighted by atomic mass is 79.9. The van der Waals surface area contributed by atoms with Crippen molar-refractivity contribution in [1.29, 1.82) is 0 Å². The molecule has 0 saturated carbocycles. The Bertz CT molecular complexity index is 510. The molecule has 4 heteroatoms. The van der Waals surface area contributed by atoms with E-state index in [9.17, 15) is 5.11 Å². The van der Waals surface area contributed by atoms with Gasteiger partial charge in [-0.2, -0.15) is 0 Å². The van der Waals surface area contributed by atoms with Crippen LogP contribution in [0.1, 0.15) is 23.5 Å². The third kappa shape index (κ3) is 3.13. The van der Waals surface area contributed by atoms with Gasteiger partial charge in [-0.15, -0.1) is 11.3 Å². The highest BCUT2D eigenvalue weighted by Crippen LogP contribution is 2.31. The molecule has 1 atom stereocenters. The molecule has 0 spiro atoms. The van der Waals surface area contributed by atoms with Crippen molar-refractivity contribution >= 4 is 27.3 Å². The molecular formula is C14H15BrO2S. The van der Waals surface area contributed by atoms with Crippen LogP contribution in [0.5, 0.6) is 5.75 Å². The number of para-hydroxylation sites is 1. The predicted molar refractivity (Wildman–Crippen MR) is 78.3 cm³/mol. The van der Waals surface area contributed by atoms with Gasteiger partial charge in [0.25, 0.3) is 0 Å². The van der Waals surface area contributed by atoms with Gasteiger partial charge in [-0.25, -0.2) is 0 Å². The molecular weight excluding hydrogens is 312 g/mol. The molecule has 96 valence electrons. The summed E-state index contributed by atoms with van der Waals surface area (Å²) in [5.41, 5.74) is 0.847. The minimum atomic E-state index is -0.539. The lowest BCUT2D eigenvalue weighted by Crippen LogP contribution is -2.04. The number of ether oxygens (including phenoxy) is 1. The van der Waals surface area contributed by atoms with Gasteiger partial charge in [0.2, 0.25) is 0 Å². The van der Waals surface area contributed by atoms with Gasteiger partial charge in [-0.05, 0) is 40.4 Å². The Hall–Kier alpha value is -0.840. The maximum Gasteiger partial charge on any atom is 0.125 e. The first-order valence-electron chi connectivity index (χ1n) is 5.84. The van der Waals surface area contributed by atoms with Crippen LogP contribution in [-0.2, 0) is 6.42 Å². The summed E-state index contributed by atoms with van der Waals surface area (Å²) >= 11 is 5.13. The molecule has 1 unspecified atom stereocenters. The number of hydrogen-bond acceptors (Lipinski definition) is 3. The Balaban J connectivity index is 2.18. The van der Waals surface area contributed by atoms with Gasteiger partial charge in [0, 0.05) is 21.3 Å². The van der Waals surface area contributed by atoms with Crippen molar-refractivity contribution in [3.8, 4) is 5.75 Å². The third-order valence-corrected chi connectivity index (χ3v) is 4.60. The number of hydrogen-bond donors (Lipinski definition) is 1. The Morgan fingerprint density at radius 2 is 2.11 bits per heavy atom. The van der Waals surface area contributed by atoms with Crippen molar-refractivity contribution < 1.29 is 9.84 Å². The zero-order valence-corrected chi connectivity index (χ0v) is 12.5. The summed E-state index contributed by atoms with van der Waals surface area (Å²) in [4.78, 5) is 1.15. The molecule has 0 saturated heterocycles. The first-order chi connectivity index (χ1) is 8.72. The maximum atomic E-state index is 10.3. The number of benzene rings is 1. The SMILES string of the molecule is CCOc1ccccc1C(O)Cc1sccc1Br. The average molecular weight is 327 g/mol. The summed E-state index contributed by atoms with van der Waals surface area (Å²) < 4.78 is 6.60. The quantitative estimate of drug-likeness (QED) is 0.892. The van der Waals surface area contributed by atoms with Crippen molar-refractivity contribution in [1.82, 2.24) is 0 Å². The fourth-order valence-electron chi connectivity index (χ4n) is 1.80. The van der Waals surface area contributed by atoms with Crippen LogP contribution >= 0.6 is 27.3 Å². The van der Waals surface area contributed by atoms with E-state index in [4.69, 9.17) is 4.74 Å². The van der Waals surface area contributed by atoms with Crippen molar-refractivity contribution in [2.24, 2.45) is 0 Å². The second kappa shape index (κ2) is 6.36. The Kier molecular flexibility index (Phi) is 4.80. The second-order valence-electron chi connectivity index (χ2n) is 3.88. The predicted octanol–water partition coefficient (Wildman–Crippen LogP) is 4.19. The Morgan fingerprint density at radius 1 is 1.33 bits per heavy atom. The summed E-state index contributed by atoms with van der Waals surface area (Å²) in [6.07, 6.45) is 0.0604. The second-order valence-corrected chi connectivity index (χ2v) is 5.74. The molecule has 2 nitrogen and oxygen atoms in total. The first kappa shape index (κ1) is 13.6. The molecule has 0 bridgehead atoms. The molecule has 1 aromatic heterocycles. The Labute approximate surface area is 119 Å². The number of thiophene rings is 1. The van der Waals surface area contributed by atoms with Gasteiger partial charge in [0.1, 0.15) is 5.75 Å². The molecule has 0 aliphatic rings. The maximum absolute atomic E-state index is 10.3. The van der Waals surface area contributed by atoms with Crippen molar-refractivity contribution in [2.45, 2.75) is 19.4 Å². The van der Waals surface area contributed by atoms with Gasteiger partial charge in [-0.1, -0.05) is 18.2 Å². The molecule has 0 fully saturated rings. The molecule has 18 heavy (non-hydrogen) atoms. The van der Waals surface area contributed by atoms with E-state index in [0.717, 1.165) is 20.7 Å². The van der Waals surface area contributed by atoms with E-state index in [2.05, 4.69) is 15.9 Å². The lowest BCUT2D eigenvalue weighted by atomic mass is 10.0. The topological polar surface area (TPSA) is 29.5 Å². The molecule has 1 heterocycles. The largest absolute Gasteiger partial charge is 0.493 e. The third-order valence-electron chi connectivity index (χ3n) is 2.65. The van der Waals surface area contributed by atoms with Gasteiger partial charge in [0.15, 0.2) is 0 Å². The molecule has 2 aromatic rings. The van der Waals surface area contributed by atoms with E-state index in [1.165, 1.54) is 0 Å². The lowest BCUT2D eigenvalue weighted by molar-refractivity contribution is 0.173. The number of rotatable bonds is 5. The summed E-state index contributed by atoms with van der Waals surface area (Å²) in [6, 6.07) is 9.65. The minimum Gasteiger partial charge on any atom is -0.493 e. The molecule has 0 aliphatic heterocycles. The van der Waals surface area contributed by atoms with Gasteiger partial charge >= 0.3 is 0 Å². The summed E-state index contributed by atoms with van der Waals surface area (Å²) in [5, 5.41) is 12.3. The fraction of sp³-hybridized carbons (Fsp3) is 0.286. The van der Waals surface area contributed by atoms with E-state index in [0.29, 0.717) is 13.0 Å². The van der Waals surface area contributed by atoms with Crippen molar-refractivity contribution in [3.05, 3.63) is 50.6 Å². The standard InChI is InChI=1S/C14H15BrO2S/c1-2-17-13-6-4-3-5-10(13)12(16)9-14-11(15)7-8-18-14/h3-8,12,16H,2,9H2,1H3. The van der Waals surface area contributed by atoms with E-state index in [-0.39, 0.29) is 0 Å². The van der Waals surface area contributed by atoms with Crippen molar-refractivity contribution in [2.75, 3.05) is 6.61 Å². The number of aliphatic hydroxyl groups excluding tert-OH is 1. The zero-order valence-electron chi connectivity index (χ0n) is 10.1. The molecule has 0 radical (unpaired) electrons. The highest BCUT2D eigenvalue weighted by molar-refractivity contribution is 9.10. The molecule has 2 rings (SSSR count). The molecule has 1 aromatic carbocycles. The summed E-state index contributed by atoms with van der Waals surface area (Å²) in [6.45, 7) is 2.55. The van der Waals surface area contributed by atoms with Gasteiger partial charge in [0.05, 0.1) is 12.7 Å². The van der Waals surface area contributed by atoms with Gasteiger partial charge in [-0.3, -0.25) is 0 Å². The molecule has 1 N–H and O–H groups in total. The number of aliphatic hydroxyl groups is 1. The van der Waals surface area contributed by atoms with Crippen LogP contribution in [0.15, 0.2) is 40.2 Å². The van der Waals surface area contributed by atoms with Crippen LogP contribution in [0.2, 0.25) is 0 Å². The average Bonchev–Trinajstić information content (AvgIpc) is 2.76. The van der Waals surface area contributed by atoms with E-state index >= 15 is 0 Å². The molecule has 0 aliphatic carbocycles. The normalized spacial score (nSPS) is 12.4. The first-order valence-corrected chi connectivity index (χ1v) is 7.51. The monoisotopic (exact) mass is 326 g/mol. The molecule has 0 amide bonds. The smallest absolute Gasteiger partial charge is 0.125 e. The van der Waals surface area contributed by atoms with Gasteiger partial charge < -0.3 is 9.84 Å². The van der Waals surface area contributed by atoms with E-state index in [1.807, 2.05) is 42.6 Å². The van der Waals surface area contributed by atoms with E-state index in [1.54, 1.807) is 11.3 Å².